The van der Waals surface area contributed by atoms with Gasteiger partial charge >= 0.3 is 0 Å². The Balaban J connectivity index is 2.49. The van der Waals surface area contributed by atoms with Crippen LogP contribution in [0.25, 0.3) is 11.1 Å². The maximum absolute atomic E-state index is 6.13. The van der Waals surface area contributed by atoms with E-state index >= 15 is 0 Å². The Hall–Kier alpha value is -0.920. The molecule has 0 nitrogen and oxygen atoms in total. The summed E-state index contributed by atoms with van der Waals surface area (Å²) in [5.41, 5.74) is 2.09. The molecule has 0 aromatic heterocycles. The third-order valence-corrected chi connectivity index (χ3v) is 3.23. The molecule has 2 aromatic rings. The van der Waals surface area contributed by atoms with Gasteiger partial charge in [0.25, 0.3) is 0 Å². The molecule has 0 aliphatic rings. The first-order chi connectivity index (χ1) is 7.31. The van der Waals surface area contributed by atoms with Gasteiger partial charge in [-0.3, -0.25) is 0 Å². The van der Waals surface area contributed by atoms with Gasteiger partial charge in [-0.2, -0.15) is 0 Å². The van der Waals surface area contributed by atoms with Gasteiger partial charge in [0.2, 0.25) is 0 Å². The quantitative estimate of drug-likeness (QED) is 0.687. The van der Waals surface area contributed by atoms with E-state index in [4.69, 9.17) is 11.6 Å². The van der Waals surface area contributed by atoms with E-state index in [-0.39, 0.29) is 0 Å². The van der Waals surface area contributed by atoms with Gasteiger partial charge in [0.15, 0.2) is 0 Å². The molecule has 0 aliphatic heterocycles. The van der Waals surface area contributed by atoms with E-state index in [1.54, 1.807) is 11.8 Å². The second-order valence-corrected chi connectivity index (χ2v) is 4.41. The summed E-state index contributed by atoms with van der Waals surface area (Å²) in [5, 5.41) is 0.770. The molecule has 0 amide bonds. The summed E-state index contributed by atoms with van der Waals surface area (Å²) in [6.45, 7) is 0. The van der Waals surface area contributed by atoms with Crippen LogP contribution in [0.15, 0.2) is 47.4 Å². The Bertz CT molecular complexity index is 466. The van der Waals surface area contributed by atoms with Crippen LogP contribution in [0.4, 0.5) is 0 Å². The van der Waals surface area contributed by atoms with Gasteiger partial charge in [0.1, 0.15) is 0 Å². The van der Waals surface area contributed by atoms with Gasteiger partial charge in [-0.1, -0.05) is 35.9 Å². The van der Waals surface area contributed by atoms with Crippen LogP contribution >= 0.6 is 23.4 Å². The van der Waals surface area contributed by atoms with E-state index < -0.39 is 0 Å². The van der Waals surface area contributed by atoms with Crippen LogP contribution in [0.5, 0.6) is 0 Å². The zero-order valence-electron chi connectivity index (χ0n) is 8.33. The van der Waals surface area contributed by atoms with E-state index in [1.807, 2.05) is 36.4 Å². The Labute approximate surface area is 99.3 Å². The van der Waals surface area contributed by atoms with Crippen LogP contribution in [-0.2, 0) is 0 Å². The summed E-state index contributed by atoms with van der Waals surface area (Å²) < 4.78 is 0. The van der Waals surface area contributed by atoms with Gasteiger partial charge in [0.05, 0.1) is 0 Å². The zero-order chi connectivity index (χ0) is 10.7. The highest BCUT2D eigenvalue weighted by atomic mass is 35.5. The second kappa shape index (κ2) is 4.73. The Morgan fingerprint density at radius 3 is 2.73 bits per heavy atom. The van der Waals surface area contributed by atoms with Gasteiger partial charge in [-0.25, -0.2) is 0 Å². The normalized spacial score (nSPS) is 10.3. The molecular weight excluding hydrogens is 224 g/mol. The standard InChI is InChI=1S/C13H10ClS/c1-15-11-6-4-5-10(9-11)12-7-2-3-8-13(12)14/h2-4,6-9H,1H3. The summed E-state index contributed by atoms with van der Waals surface area (Å²) >= 11 is 7.85. The maximum atomic E-state index is 6.13. The lowest BCUT2D eigenvalue weighted by Gasteiger charge is -2.04. The molecule has 0 aliphatic carbocycles. The van der Waals surface area contributed by atoms with E-state index in [0.717, 1.165) is 16.1 Å². The highest BCUT2D eigenvalue weighted by Crippen LogP contribution is 2.29. The van der Waals surface area contributed by atoms with Crippen molar-refractivity contribution in [1.29, 1.82) is 0 Å². The number of rotatable bonds is 2. The summed E-state index contributed by atoms with van der Waals surface area (Å²) in [6.07, 6.45) is 2.06. The fourth-order valence-electron chi connectivity index (χ4n) is 1.41. The molecule has 0 atom stereocenters. The lowest BCUT2D eigenvalue weighted by Crippen LogP contribution is -1.80. The van der Waals surface area contributed by atoms with Crippen molar-refractivity contribution in [3.8, 4) is 11.1 Å². The first-order valence-corrected chi connectivity index (χ1v) is 6.22. The highest BCUT2D eigenvalue weighted by molar-refractivity contribution is 7.98. The minimum Gasteiger partial charge on any atom is -0.130 e. The number of hydrogen-bond donors (Lipinski definition) is 0. The first kappa shape index (κ1) is 10.6. The topological polar surface area (TPSA) is 0 Å². The SMILES string of the molecule is CSc1cc[c]c(-c2ccccc2Cl)c1. The van der Waals surface area contributed by atoms with Crippen molar-refractivity contribution in [2.24, 2.45) is 0 Å². The largest absolute Gasteiger partial charge is 0.130 e. The molecule has 0 saturated carbocycles. The molecule has 0 heterocycles. The Morgan fingerprint density at radius 1 is 1.20 bits per heavy atom. The molecule has 1 radical (unpaired) electrons. The van der Waals surface area contributed by atoms with Gasteiger partial charge < -0.3 is 0 Å². The molecule has 0 saturated heterocycles. The third kappa shape index (κ3) is 2.36. The molecule has 0 N–H and O–H groups in total. The number of halogens is 1. The second-order valence-electron chi connectivity index (χ2n) is 3.12. The molecule has 0 unspecified atom stereocenters. The van der Waals surface area contributed by atoms with E-state index in [2.05, 4.69) is 18.4 Å². The predicted octanol–water partition coefficient (Wildman–Crippen LogP) is 4.53. The summed E-state index contributed by atoms with van der Waals surface area (Å²) in [6, 6.07) is 17.1. The number of benzene rings is 2. The zero-order valence-corrected chi connectivity index (χ0v) is 9.90. The molecule has 2 aromatic carbocycles. The number of thioether (sulfide) groups is 1. The lowest BCUT2D eigenvalue weighted by atomic mass is 10.1. The smallest absolute Gasteiger partial charge is 0.0484 e. The molecule has 0 spiro atoms. The van der Waals surface area contributed by atoms with Crippen molar-refractivity contribution in [3.05, 3.63) is 53.6 Å². The highest BCUT2D eigenvalue weighted by Gasteiger charge is 2.02. The molecule has 15 heavy (non-hydrogen) atoms. The van der Waals surface area contributed by atoms with Crippen molar-refractivity contribution in [1.82, 2.24) is 0 Å². The van der Waals surface area contributed by atoms with Crippen LogP contribution < -0.4 is 0 Å². The summed E-state index contributed by atoms with van der Waals surface area (Å²) in [5.74, 6) is 0. The minimum absolute atomic E-state index is 0.770. The molecule has 0 fully saturated rings. The fraction of sp³-hybridized carbons (Fsp3) is 0.0769. The van der Waals surface area contributed by atoms with Crippen LogP contribution in [0.3, 0.4) is 0 Å². The minimum atomic E-state index is 0.770. The van der Waals surface area contributed by atoms with Crippen LogP contribution in [0, 0.1) is 6.07 Å². The molecule has 2 heteroatoms. The third-order valence-electron chi connectivity index (χ3n) is 2.17. The molecule has 2 rings (SSSR count). The van der Waals surface area contributed by atoms with Crippen molar-refractivity contribution in [3.63, 3.8) is 0 Å². The summed E-state index contributed by atoms with van der Waals surface area (Å²) in [4.78, 5) is 1.23. The lowest BCUT2D eigenvalue weighted by molar-refractivity contribution is 1.45. The average Bonchev–Trinajstić information content (AvgIpc) is 2.30. The average molecular weight is 234 g/mol. The molecule has 0 bridgehead atoms. The van der Waals surface area contributed by atoms with Crippen molar-refractivity contribution in [2.75, 3.05) is 6.26 Å². The summed E-state index contributed by atoms with van der Waals surface area (Å²) in [7, 11) is 0. The van der Waals surface area contributed by atoms with Gasteiger partial charge in [-0.05, 0) is 36.1 Å². The Kier molecular flexibility index (Phi) is 3.34. The molecule has 75 valence electrons. The fourth-order valence-corrected chi connectivity index (χ4v) is 2.09. The van der Waals surface area contributed by atoms with Crippen LogP contribution in [0.2, 0.25) is 5.02 Å². The van der Waals surface area contributed by atoms with Gasteiger partial charge in [0, 0.05) is 15.5 Å². The van der Waals surface area contributed by atoms with Crippen LogP contribution in [0.1, 0.15) is 0 Å². The Morgan fingerprint density at radius 2 is 2.00 bits per heavy atom. The van der Waals surface area contributed by atoms with Crippen molar-refractivity contribution in [2.45, 2.75) is 4.90 Å². The van der Waals surface area contributed by atoms with Gasteiger partial charge in [-0.15, -0.1) is 11.8 Å². The first-order valence-electron chi connectivity index (χ1n) is 4.62. The van der Waals surface area contributed by atoms with Crippen molar-refractivity contribution < 1.29 is 0 Å². The van der Waals surface area contributed by atoms with E-state index in [9.17, 15) is 0 Å². The molecular formula is C13H10ClS. The van der Waals surface area contributed by atoms with Crippen LogP contribution in [-0.4, -0.2) is 6.26 Å². The predicted molar refractivity (Wildman–Crippen MR) is 67.5 cm³/mol. The van der Waals surface area contributed by atoms with E-state index in [1.165, 1.54) is 4.90 Å². The van der Waals surface area contributed by atoms with E-state index in [0.29, 0.717) is 0 Å². The van der Waals surface area contributed by atoms with Crippen molar-refractivity contribution >= 4 is 23.4 Å². The maximum Gasteiger partial charge on any atom is 0.0484 e. The number of hydrogen-bond acceptors (Lipinski definition) is 1. The monoisotopic (exact) mass is 233 g/mol.